The number of nitrogens with zero attached hydrogens (tertiary/aromatic N) is 3. The Labute approximate surface area is 80.3 Å². The molecule has 0 radical (unpaired) electrons. The Hall–Kier alpha value is -2.24. The Morgan fingerprint density at radius 2 is 1.64 bits per heavy atom. The lowest BCUT2D eigenvalue weighted by atomic mass is 10.2. The minimum absolute atomic E-state index is 0.178. The van der Waals surface area contributed by atoms with Gasteiger partial charge in [0.15, 0.2) is 5.82 Å². The molecule has 2 aromatic rings. The Balaban J connectivity index is 2.49. The third-order valence-corrected chi connectivity index (χ3v) is 1.89. The lowest BCUT2D eigenvalue weighted by Crippen LogP contribution is -2.13. The summed E-state index contributed by atoms with van der Waals surface area (Å²) >= 11 is 0. The summed E-state index contributed by atoms with van der Waals surface area (Å²) in [5.74, 6) is 6.30. The van der Waals surface area contributed by atoms with Crippen molar-refractivity contribution in [1.29, 1.82) is 0 Å². The fourth-order valence-corrected chi connectivity index (χ4v) is 1.13. The summed E-state index contributed by atoms with van der Waals surface area (Å²) < 4.78 is 1.23. The summed E-state index contributed by atoms with van der Waals surface area (Å²) in [7, 11) is 0. The number of aromatic nitrogens is 3. The molecule has 6 N–H and O–H groups in total. The van der Waals surface area contributed by atoms with Gasteiger partial charge in [-0.25, -0.2) is 4.68 Å². The van der Waals surface area contributed by atoms with Crippen molar-refractivity contribution in [2.75, 3.05) is 17.3 Å². The van der Waals surface area contributed by atoms with Gasteiger partial charge in [0.2, 0.25) is 5.95 Å². The summed E-state index contributed by atoms with van der Waals surface area (Å²) in [6, 6.07) is 7.14. The van der Waals surface area contributed by atoms with Gasteiger partial charge in [-0.3, -0.25) is 0 Å². The molecule has 1 aromatic heterocycles. The first kappa shape index (κ1) is 8.36. The van der Waals surface area contributed by atoms with Crippen LogP contribution < -0.4 is 17.3 Å². The maximum Gasteiger partial charge on any atom is 0.241 e. The Kier molecular flexibility index (Phi) is 1.74. The van der Waals surface area contributed by atoms with Crippen molar-refractivity contribution in [3.63, 3.8) is 0 Å². The minimum atomic E-state index is 0.178. The van der Waals surface area contributed by atoms with E-state index in [1.165, 1.54) is 4.68 Å². The topological polar surface area (TPSA) is 109 Å². The molecule has 0 bridgehead atoms. The molecule has 6 nitrogen and oxygen atoms in total. The van der Waals surface area contributed by atoms with Crippen LogP contribution in [0.1, 0.15) is 0 Å². The molecule has 0 saturated heterocycles. The zero-order valence-electron chi connectivity index (χ0n) is 7.38. The van der Waals surface area contributed by atoms with E-state index in [9.17, 15) is 0 Å². The SMILES string of the molecule is Nc1ccc(-c2nnc(N)n2N)cc1. The molecule has 0 atom stereocenters. The standard InChI is InChI=1S/C8H10N6/c9-6-3-1-5(2-4-6)7-12-13-8(10)14(7)11/h1-4H,9,11H2,(H2,10,13). The summed E-state index contributed by atoms with van der Waals surface area (Å²) in [6.45, 7) is 0. The van der Waals surface area contributed by atoms with Gasteiger partial charge in [-0.05, 0) is 24.3 Å². The van der Waals surface area contributed by atoms with Crippen molar-refractivity contribution in [3.05, 3.63) is 24.3 Å². The Bertz CT molecular complexity index is 443. The number of nitrogens with two attached hydrogens (primary N) is 3. The maximum atomic E-state index is 5.61. The van der Waals surface area contributed by atoms with Crippen LogP contribution in [-0.4, -0.2) is 14.9 Å². The molecular weight excluding hydrogens is 180 g/mol. The highest BCUT2D eigenvalue weighted by molar-refractivity contribution is 5.60. The molecule has 0 fully saturated rings. The first-order valence-corrected chi connectivity index (χ1v) is 4.00. The van der Waals surface area contributed by atoms with E-state index in [0.29, 0.717) is 11.5 Å². The van der Waals surface area contributed by atoms with Crippen LogP contribution in [0.3, 0.4) is 0 Å². The smallest absolute Gasteiger partial charge is 0.241 e. The largest absolute Gasteiger partial charge is 0.399 e. The molecule has 0 unspecified atom stereocenters. The quantitative estimate of drug-likeness (QED) is 0.427. The number of nitrogen functional groups attached to an aromatic ring is 3. The van der Waals surface area contributed by atoms with Crippen molar-refractivity contribution in [2.45, 2.75) is 0 Å². The highest BCUT2D eigenvalue weighted by Crippen LogP contribution is 2.17. The van der Waals surface area contributed by atoms with Crippen LogP contribution in [0.2, 0.25) is 0 Å². The summed E-state index contributed by atoms with van der Waals surface area (Å²) in [4.78, 5) is 0. The molecule has 0 aliphatic carbocycles. The third-order valence-electron chi connectivity index (χ3n) is 1.89. The lowest BCUT2D eigenvalue weighted by molar-refractivity contribution is 1.02. The van der Waals surface area contributed by atoms with Crippen LogP contribution in [-0.2, 0) is 0 Å². The molecular formula is C8H10N6. The fourth-order valence-electron chi connectivity index (χ4n) is 1.13. The van der Waals surface area contributed by atoms with Gasteiger partial charge in [-0.1, -0.05) is 0 Å². The molecule has 72 valence electrons. The van der Waals surface area contributed by atoms with E-state index in [0.717, 1.165) is 5.56 Å². The van der Waals surface area contributed by atoms with Crippen LogP contribution in [0.25, 0.3) is 11.4 Å². The van der Waals surface area contributed by atoms with Gasteiger partial charge in [0.05, 0.1) is 0 Å². The van der Waals surface area contributed by atoms with Crippen LogP contribution in [0.5, 0.6) is 0 Å². The second kappa shape index (κ2) is 2.91. The maximum absolute atomic E-state index is 5.61. The number of rotatable bonds is 1. The number of hydrogen-bond acceptors (Lipinski definition) is 5. The van der Waals surface area contributed by atoms with E-state index in [1.54, 1.807) is 12.1 Å². The average Bonchev–Trinajstić information content (AvgIpc) is 2.50. The Morgan fingerprint density at radius 3 is 2.14 bits per heavy atom. The molecule has 0 amide bonds. The highest BCUT2D eigenvalue weighted by atomic mass is 15.4. The van der Waals surface area contributed by atoms with Crippen molar-refractivity contribution < 1.29 is 0 Å². The minimum Gasteiger partial charge on any atom is -0.399 e. The number of hydrogen-bond donors (Lipinski definition) is 3. The number of benzene rings is 1. The van der Waals surface area contributed by atoms with Gasteiger partial charge in [-0.15, -0.1) is 10.2 Å². The van der Waals surface area contributed by atoms with Gasteiger partial charge in [0.25, 0.3) is 0 Å². The summed E-state index contributed by atoms with van der Waals surface area (Å²) in [5, 5.41) is 7.49. The molecule has 14 heavy (non-hydrogen) atoms. The van der Waals surface area contributed by atoms with E-state index in [4.69, 9.17) is 17.3 Å². The number of anilines is 2. The zero-order valence-corrected chi connectivity index (χ0v) is 7.38. The first-order chi connectivity index (χ1) is 6.68. The van der Waals surface area contributed by atoms with Crippen LogP contribution in [0.4, 0.5) is 11.6 Å². The highest BCUT2D eigenvalue weighted by Gasteiger charge is 2.07. The van der Waals surface area contributed by atoms with Crippen LogP contribution >= 0.6 is 0 Å². The van der Waals surface area contributed by atoms with E-state index < -0.39 is 0 Å². The predicted molar refractivity (Wildman–Crippen MR) is 54.4 cm³/mol. The second-order valence-electron chi connectivity index (χ2n) is 2.87. The van der Waals surface area contributed by atoms with Crippen molar-refractivity contribution in [3.8, 4) is 11.4 Å². The predicted octanol–water partition coefficient (Wildman–Crippen LogP) is -0.177. The third kappa shape index (κ3) is 1.22. The summed E-state index contributed by atoms with van der Waals surface area (Å²) in [6.07, 6.45) is 0. The van der Waals surface area contributed by atoms with Crippen molar-refractivity contribution in [2.24, 2.45) is 0 Å². The van der Waals surface area contributed by atoms with E-state index in [2.05, 4.69) is 10.2 Å². The van der Waals surface area contributed by atoms with Gasteiger partial charge < -0.3 is 17.3 Å². The van der Waals surface area contributed by atoms with Gasteiger partial charge in [0, 0.05) is 11.3 Å². The molecule has 0 aliphatic rings. The van der Waals surface area contributed by atoms with Crippen molar-refractivity contribution in [1.82, 2.24) is 14.9 Å². The molecule has 0 aliphatic heterocycles. The monoisotopic (exact) mass is 190 g/mol. The normalized spacial score (nSPS) is 10.3. The van der Waals surface area contributed by atoms with Gasteiger partial charge in [0.1, 0.15) is 0 Å². The van der Waals surface area contributed by atoms with Gasteiger partial charge in [-0.2, -0.15) is 0 Å². The molecule has 2 rings (SSSR count). The fraction of sp³-hybridized carbons (Fsp3) is 0. The van der Waals surface area contributed by atoms with Crippen molar-refractivity contribution >= 4 is 11.6 Å². The average molecular weight is 190 g/mol. The Morgan fingerprint density at radius 1 is 1.00 bits per heavy atom. The van der Waals surface area contributed by atoms with E-state index >= 15 is 0 Å². The molecule has 6 heteroatoms. The first-order valence-electron chi connectivity index (χ1n) is 4.00. The van der Waals surface area contributed by atoms with E-state index in [1.807, 2.05) is 12.1 Å². The van der Waals surface area contributed by atoms with Gasteiger partial charge >= 0.3 is 0 Å². The van der Waals surface area contributed by atoms with E-state index in [-0.39, 0.29) is 5.95 Å². The van der Waals surface area contributed by atoms with Crippen LogP contribution in [0, 0.1) is 0 Å². The lowest BCUT2D eigenvalue weighted by Gasteiger charge is -2.01. The second-order valence-corrected chi connectivity index (χ2v) is 2.87. The summed E-state index contributed by atoms with van der Waals surface area (Å²) in [5.41, 5.74) is 12.5. The molecule has 1 heterocycles. The molecule has 1 aromatic carbocycles. The molecule has 0 spiro atoms. The van der Waals surface area contributed by atoms with Crippen LogP contribution in [0.15, 0.2) is 24.3 Å². The molecule has 0 saturated carbocycles. The zero-order chi connectivity index (χ0) is 10.1.